The van der Waals surface area contributed by atoms with E-state index in [4.69, 9.17) is 0 Å². The first kappa shape index (κ1) is 13.5. The van der Waals surface area contributed by atoms with Crippen LogP contribution in [0.2, 0.25) is 0 Å². The Morgan fingerprint density at radius 2 is 1.79 bits per heavy atom. The van der Waals surface area contributed by atoms with Crippen molar-refractivity contribution in [2.45, 2.75) is 32.5 Å². The van der Waals surface area contributed by atoms with Gasteiger partial charge in [-0.2, -0.15) is 5.10 Å². The molecular weight excluding hydrogens is 257 g/mol. The van der Waals surface area contributed by atoms with Crippen LogP contribution in [0.15, 0.2) is 24.7 Å². The third kappa shape index (κ3) is 2.74. The largest absolute Gasteiger partial charge is 0.506 e. The minimum atomic E-state index is -4.61. The van der Waals surface area contributed by atoms with Gasteiger partial charge in [-0.25, -0.2) is 4.98 Å². The first-order valence-corrected chi connectivity index (χ1v) is 5.64. The Balaban J connectivity index is 2.52. The Labute approximate surface area is 108 Å². The molecule has 2 aromatic heterocycles. The van der Waals surface area contributed by atoms with E-state index in [1.54, 1.807) is 12.1 Å². The number of aromatic nitrogens is 4. The number of pyridine rings is 1. The van der Waals surface area contributed by atoms with Crippen LogP contribution >= 0.6 is 0 Å². The molecule has 19 heavy (non-hydrogen) atoms. The Morgan fingerprint density at radius 3 is 2.37 bits per heavy atom. The van der Waals surface area contributed by atoms with Gasteiger partial charge in [-0.15, -0.1) is 17.9 Å². The van der Waals surface area contributed by atoms with E-state index in [1.807, 2.05) is 20.8 Å². The quantitative estimate of drug-likeness (QED) is 0.799. The van der Waals surface area contributed by atoms with Crippen molar-refractivity contribution in [3.63, 3.8) is 0 Å². The SMILES string of the molecule is CC(C)(C)c1ccnc(-c2ncnn2C(F)(F)F)c1. The lowest BCUT2D eigenvalue weighted by molar-refractivity contribution is -0.211. The lowest BCUT2D eigenvalue weighted by Gasteiger charge is -2.19. The van der Waals surface area contributed by atoms with Crippen LogP contribution in [0.1, 0.15) is 26.3 Å². The monoisotopic (exact) mass is 270 g/mol. The van der Waals surface area contributed by atoms with Gasteiger partial charge in [0.2, 0.25) is 0 Å². The zero-order valence-electron chi connectivity index (χ0n) is 10.7. The maximum Gasteiger partial charge on any atom is 0.506 e. The highest BCUT2D eigenvalue weighted by Crippen LogP contribution is 2.29. The van der Waals surface area contributed by atoms with Crippen molar-refractivity contribution in [1.82, 2.24) is 19.7 Å². The number of halogens is 3. The molecule has 102 valence electrons. The summed E-state index contributed by atoms with van der Waals surface area (Å²) >= 11 is 0. The molecule has 0 N–H and O–H groups in total. The average Bonchev–Trinajstić information content (AvgIpc) is 2.76. The van der Waals surface area contributed by atoms with Crippen LogP contribution < -0.4 is 0 Å². The highest BCUT2D eigenvalue weighted by atomic mass is 19.4. The predicted octanol–water partition coefficient (Wildman–Crippen LogP) is 3.11. The summed E-state index contributed by atoms with van der Waals surface area (Å²) in [4.78, 5) is 7.59. The normalized spacial score (nSPS) is 12.7. The molecule has 7 heteroatoms. The molecule has 2 rings (SSSR count). The van der Waals surface area contributed by atoms with E-state index in [0.29, 0.717) is 0 Å². The predicted molar refractivity (Wildman–Crippen MR) is 63.3 cm³/mol. The van der Waals surface area contributed by atoms with Gasteiger partial charge in [-0.1, -0.05) is 20.8 Å². The van der Waals surface area contributed by atoms with E-state index in [-0.39, 0.29) is 21.6 Å². The number of rotatable bonds is 1. The molecule has 2 aromatic rings. The fourth-order valence-corrected chi connectivity index (χ4v) is 1.62. The molecule has 0 spiro atoms. The van der Waals surface area contributed by atoms with E-state index >= 15 is 0 Å². The van der Waals surface area contributed by atoms with Crippen molar-refractivity contribution in [3.8, 4) is 11.5 Å². The van der Waals surface area contributed by atoms with Crippen molar-refractivity contribution in [2.24, 2.45) is 0 Å². The van der Waals surface area contributed by atoms with Gasteiger partial charge in [0, 0.05) is 6.20 Å². The molecule has 0 aliphatic rings. The van der Waals surface area contributed by atoms with Gasteiger partial charge in [-0.05, 0) is 23.1 Å². The summed E-state index contributed by atoms with van der Waals surface area (Å²) < 4.78 is 38.1. The Bertz CT molecular complexity index is 581. The molecule has 0 aliphatic heterocycles. The topological polar surface area (TPSA) is 43.6 Å². The van der Waals surface area contributed by atoms with Crippen LogP contribution in [0.4, 0.5) is 13.2 Å². The Hall–Kier alpha value is -1.92. The van der Waals surface area contributed by atoms with Crippen molar-refractivity contribution in [2.75, 3.05) is 0 Å². The van der Waals surface area contributed by atoms with Crippen LogP contribution in [0, 0.1) is 0 Å². The smallest absolute Gasteiger partial charge is 0.253 e. The molecule has 0 fully saturated rings. The van der Waals surface area contributed by atoms with Crippen LogP contribution in [0.3, 0.4) is 0 Å². The minimum Gasteiger partial charge on any atom is -0.253 e. The third-order valence-corrected chi connectivity index (χ3v) is 2.64. The fourth-order valence-electron chi connectivity index (χ4n) is 1.62. The average molecular weight is 270 g/mol. The molecule has 4 nitrogen and oxygen atoms in total. The van der Waals surface area contributed by atoms with Gasteiger partial charge in [0.05, 0.1) is 0 Å². The van der Waals surface area contributed by atoms with Gasteiger partial charge in [0.25, 0.3) is 0 Å². The van der Waals surface area contributed by atoms with Crippen LogP contribution in [0.5, 0.6) is 0 Å². The zero-order valence-corrected chi connectivity index (χ0v) is 10.7. The van der Waals surface area contributed by atoms with Crippen molar-refractivity contribution >= 4 is 0 Å². The highest BCUT2D eigenvalue weighted by molar-refractivity contribution is 5.51. The van der Waals surface area contributed by atoms with E-state index in [2.05, 4.69) is 15.1 Å². The molecule has 0 aliphatic carbocycles. The second kappa shape index (κ2) is 4.32. The minimum absolute atomic E-state index is 0.0816. The summed E-state index contributed by atoms with van der Waals surface area (Å²) in [5, 5.41) is 3.20. The summed E-state index contributed by atoms with van der Waals surface area (Å²) in [6, 6.07) is 3.38. The molecule has 0 atom stereocenters. The van der Waals surface area contributed by atoms with E-state index < -0.39 is 6.30 Å². The Kier molecular flexibility index (Phi) is 3.07. The molecule has 0 amide bonds. The maximum atomic E-state index is 12.7. The van der Waals surface area contributed by atoms with Crippen molar-refractivity contribution in [3.05, 3.63) is 30.2 Å². The summed E-state index contributed by atoms with van der Waals surface area (Å²) in [7, 11) is 0. The number of nitrogens with zero attached hydrogens (tertiary/aromatic N) is 4. The molecular formula is C12H13F3N4. The van der Waals surface area contributed by atoms with E-state index in [1.165, 1.54) is 6.20 Å². The molecule has 0 radical (unpaired) electrons. The molecule has 2 heterocycles. The third-order valence-electron chi connectivity index (χ3n) is 2.64. The number of hydrogen-bond acceptors (Lipinski definition) is 3. The van der Waals surface area contributed by atoms with Gasteiger partial charge >= 0.3 is 6.30 Å². The first-order valence-electron chi connectivity index (χ1n) is 5.64. The van der Waals surface area contributed by atoms with E-state index in [0.717, 1.165) is 11.9 Å². The summed E-state index contributed by atoms with van der Waals surface area (Å²) in [6.45, 7) is 5.92. The molecule has 0 saturated carbocycles. The van der Waals surface area contributed by atoms with Crippen molar-refractivity contribution < 1.29 is 13.2 Å². The highest BCUT2D eigenvalue weighted by Gasteiger charge is 2.35. The second-order valence-corrected chi connectivity index (χ2v) is 5.14. The standard InChI is InChI=1S/C12H13F3N4/c1-11(2,3)8-4-5-16-9(6-8)10-17-7-18-19(10)12(13,14)15/h4-7H,1-3H3. The lowest BCUT2D eigenvalue weighted by Crippen LogP contribution is -2.20. The fraction of sp³-hybridized carbons (Fsp3) is 0.417. The Morgan fingerprint density at radius 1 is 1.11 bits per heavy atom. The van der Waals surface area contributed by atoms with Crippen molar-refractivity contribution in [1.29, 1.82) is 0 Å². The van der Waals surface area contributed by atoms with Crippen LogP contribution in [-0.2, 0) is 11.7 Å². The van der Waals surface area contributed by atoms with Crippen LogP contribution in [-0.4, -0.2) is 19.7 Å². The summed E-state index contributed by atoms with van der Waals surface area (Å²) in [5.41, 5.74) is 0.859. The van der Waals surface area contributed by atoms with Gasteiger partial charge in [0.1, 0.15) is 12.0 Å². The maximum absolute atomic E-state index is 12.7. The first-order chi connectivity index (χ1) is 8.69. The molecule has 0 unspecified atom stereocenters. The van der Waals surface area contributed by atoms with Gasteiger partial charge in [-0.3, -0.25) is 4.98 Å². The van der Waals surface area contributed by atoms with Gasteiger partial charge < -0.3 is 0 Å². The molecule has 0 bridgehead atoms. The molecule has 0 saturated heterocycles. The number of alkyl halides is 3. The second-order valence-electron chi connectivity index (χ2n) is 5.14. The lowest BCUT2D eigenvalue weighted by atomic mass is 9.87. The zero-order chi connectivity index (χ0) is 14.3. The number of hydrogen-bond donors (Lipinski definition) is 0. The van der Waals surface area contributed by atoms with E-state index in [9.17, 15) is 13.2 Å². The molecule has 0 aromatic carbocycles. The van der Waals surface area contributed by atoms with Crippen LogP contribution in [0.25, 0.3) is 11.5 Å². The summed E-state index contributed by atoms with van der Waals surface area (Å²) in [6.07, 6.45) is -2.26. The summed E-state index contributed by atoms with van der Waals surface area (Å²) in [5.74, 6) is -0.307. The van der Waals surface area contributed by atoms with Gasteiger partial charge in [0.15, 0.2) is 5.82 Å².